The molecule has 0 fully saturated rings. The number of aromatic nitrogens is 2. The summed E-state index contributed by atoms with van der Waals surface area (Å²) in [6, 6.07) is 10.8. The van der Waals surface area contributed by atoms with Crippen molar-refractivity contribution < 1.29 is 8.42 Å². The van der Waals surface area contributed by atoms with Gasteiger partial charge in [-0.05, 0) is 65.4 Å². The van der Waals surface area contributed by atoms with Crippen LogP contribution in [0.1, 0.15) is 5.56 Å². The second-order valence-corrected chi connectivity index (χ2v) is 7.81. The van der Waals surface area contributed by atoms with Gasteiger partial charge in [0, 0.05) is 14.6 Å². The SMILES string of the molecule is Cc1ccc(Nc2ncnc3ccc(I)cc23)cc1S(N)(=O)=O. The molecule has 1 aromatic heterocycles. The third-order valence-corrected chi connectivity index (χ3v) is 5.08. The van der Waals surface area contributed by atoms with Crippen molar-refractivity contribution in [1.82, 2.24) is 9.97 Å². The molecular formula is C15H13IN4O2S. The number of sulfonamides is 1. The Morgan fingerprint density at radius 1 is 1.13 bits per heavy atom. The molecule has 0 aliphatic heterocycles. The fourth-order valence-corrected chi connectivity index (χ4v) is 3.55. The van der Waals surface area contributed by atoms with Crippen molar-refractivity contribution in [2.45, 2.75) is 11.8 Å². The molecule has 3 aromatic rings. The summed E-state index contributed by atoms with van der Waals surface area (Å²) in [7, 11) is -3.77. The Morgan fingerprint density at radius 3 is 2.65 bits per heavy atom. The molecule has 118 valence electrons. The van der Waals surface area contributed by atoms with Gasteiger partial charge in [-0.1, -0.05) is 6.07 Å². The van der Waals surface area contributed by atoms with Crippen LogP contribution in [-0.2, 0) is 10.0 Å². The average molecular weight is 440 g/mol. The van der Waals surface area contributed by atoms with Gasteiger partial charge >= 0.3 is 0 Å². The summed E-state index contributed by atoms with van der Waals surface area (Å²) in [5, 5.41) is 9.25. The topological polar surface area (TPSA) is 98.0 Å². The van der Waals surface area contributed by atoms with E-state index in [1.807, 2.05) is 18.2 Å². The van der Waals surface area contributed by atoms with Gasteiger partial charge in [-0.2, -0.15) is 0 Å². The number of halogens is 1. The maximum absolute atomic E-state index is 11.6. The quantitative estimate of drug-likeness (QED) is 0.611. The van der Waals surface area contributed by atoms with E-state index in [0.717, 1.165) is 14.5 Å². The smallest absolute Gasteiger partial charge is 0.238 e. The number of rotatable bonds is 3. The zero-order valence-corrected chi connectivity index (χ0v) is 15.1. The molecule has 0 amide bonds. The average Bonchev–Trinajstić information content (AvgIpc) is 2.48. The number of nitrogens with one attached hydrogen (secondary N) is 1. The number of hydrogen-bond acceptors (Lipinski definition) is 5. The van der Waals surface area contributed by atoms with E-state index in [9.17, 15) is 8.42 Å². The van der Waals surface area contributed by atoms with Crippen molar-refractivity contribution >= 4 is 55.0 Å². The van der Waals surface area contributed by atoms with Crippen molar-refractivity contribution in [2.75, 3.05) is 5.32 Å². The van der Waals surface area contributed by atoms with Gasteiger partial charge in [0.25, 0.3) is 0 Å². The maximum atomic E-state index is 11.6. The summed E-state index contributed by atoms with van der Waals surface area (Å²) in [5.74, 6) is 0.609. The van der Waals surface area contributed by atoms with Gasteiger partial charge in [0.1, 0.15) is 12.1 Å². The number of primary sulfonamides is 1. The van der Waals surface area contributed by atoms with Gasteiger partial charge in [0.05, 0.1) is 10.4 Å². The van der Waals surface area contributed by atoms with Gasteiger partial charge in [0.15, 0.2) is 0 Å². The van der Waals surface area contributed by atoms with Crippen LogP contribution in [0.3, 0.4) is 0 Å². The molecule has 6 nitrogen and oxygen atoms in total. The molecule has 0 radical (unpaired) electrons. The molecule has 3 rings (SSSR count). The van der Waals surface area contributed by atoms with Gasteiger partial charge in [0.2, 0.25) is 10.0 Å². The van der Waals surface area contributed by atoms with Crippen LogP contribution in [0.25, 0.3) is 10.9 Å². The van der Waals surface area contributed by atoms with Gasteiger partial charge < -0.3 is 5.32 Å². The molecule has 0 atom stereocenters. The van der Waals surface area contributed by atoms with Crippen molar-refractivity contribution in [3.05, 3.63) is 51.9 Å². The Hall–Kier alpha value is -1.78. The van der Waals surface area contributed by atoms with Crippen LogP contribution in [0.2, 0.25) is 0 Å². The highest BCUT2D eigenvalue weighted by Gasteiger charge is 2.13. The number of fused-ring (bicyclic) bond motifs is 1. The Labute approximate surface area is 147 Å². The second-order valence-electron chi connectivity index (χ2n) is 5.03. The molecule has 3 N–H and O–H groups in total. The Morgan fingerprint density at radius 2 is 1.91 bits per heavy atom. The molecule has 0 saturated heterocycles. The molecule has 0 aliphatic carbocycles. The van der Waals surface area contributed by atoms with Crippen LogP contribution in [0.5, 0.6) is 0 Å². The lowest BCUT2D eigenvalue weighted by Crippen LogP contribution is -2.14. The first kappa shape index (κ1) is 16.1. The lowest BCUT2D eigenvalue weighted by atomic mass is 10.2. The van der Waals surface area contributed by atoms with E-state index in [1.54, 1.807) is 19.1 Å². The summed E-state index contributed by atoms with van der Waals surface area (Å²) >= 11 is 2.22. The highest BCUT2D eigenvalue weighted by Crippen LogP contribution is 2.26. The second kappa shape index (κ2) is 6.02. The van der Waals surface area contributed by atoms with Gasteiger partial charge in [-0.25, -0.2) is 23.5 Å². The van der Waals surface area contributed by atoms with Gasteiger partial charge in [-0.3, -0.25) is 0 Å². The van der Waals surface area contributed by atoms with E-state index >= 15 is 0 Å². The van der Waals surface area contributed by atoms with E-state index in [4.69, 9.17) is 5.14 Å². The highest BCUT2D eigenvalue weighted by molar-refractivity contribution is 14.1. The van der Waals surface area contributed by atoms with Crippen LogP contribution in [0.15, 0.2) is 47.6 Å². The molecule has 1 heterocycles. The minimum atomic E-state index is -3.77. The zero-order chi connectivity index (χ0) is 16.6. The predicted molar refractivity (Wildman–Crippen MR) is 98.1 cm³/mol. The predicted octanol–water partition coefficient (Wildman–Crippen LogP) is 2.93. The lowest BCUT2D eigenvalue weighted by Gasteiger charge is -2.11. The first-order valence-corrected chi connectivity index (χ1v) is 9.28. The lowest BCUT2D eigenvalue weighted by molar-refractivity contribution is 0.597. The van der Waals surface area contributed by atoms with E-state index in [-0.39, 0.29) is 4.90 Å². The summed E-state index contributed by atoms with van der Waals surface area (Å²) in [6.45, 7) is 1.70. The number of benzene rings is 2. The monoisotopic (exact) mass is 440 g/mol. The first-order chi connectivity index (χ1) is 10.8. The number of anilines is 2. The third kappa shape index (κ3) is 3.43. The molecule has 0 spiro atoms. The standard InChI is InChI=1S/C15H13IN4O2S/c1-9-2-4-11(7-14(9)23(17,21)22)20-15-12-6-10(16)3-5-13(12)18-8-19-15/h2-8H,1H3,(H2,17,21,22)(H,18,19,20). The number of nitrogens with zero attached hydrogens (tertiary/aromatic N) is 2. The first-order valence-electron chi connectivity index (χ1n) is 6.65. The Kier molecular flexibility index (Phi) is 4.21. The summed E-state index contributed by atoms with van der Waals surface area (Å²) in [6.07, 6.45) is 1.46. The molecular weight excluding hydrogens is 427 g/mol. The Bertz CT molecular complexity index is 1010. The molecule has 23 heavy (non-hydrogen) atoms. The minimum absolute atomic E-state index is 0.0930. The molecule has 0 aliphatic rings. The normalized spacial score (nSPS) is 11.6. The zero-order valence-electron chi connectivity index (χ0n) is 12.1. The number of hydrogen-bond donors (Lipinski definition) is 2. The van der Waals surface area contributed by atoms with Crippen molar-refractivity contribution in [3.63, 3.8) is 0 Å². The number of nitrogens with two attached hydrogens (primary N) is 1. The van der Waals surface area contributed by atoms with Crippen molar-refractivity contribution in [1.29, 1.82) is 0 Å². The van der Waals surface area contributed by atoms with Gasteiger partial charge in [-0.15, -0.1) is 0 Å². The molecule has 0 bridgehead atoms. The molecule has 2 aromatic carbocycles. The van der Waals surface area contributed by atoms with Crippen LogP contribution in [0.4, 0.5) is 11.5 Å². The Balaban J connectivity index is 2.08. The van der Waals surface area contributed by atoms with Crippen LogP contribution < -0.4 is 10.5 Å². The van der Waals surface area contributed by atoms with E-state index < -0.39 is 10.0 Å². The van der Waals surface area contributed by atoms with Crippen molar-refractivity contribution in [2.24, 2.45) is 5.14 Å². The fourth-order valence-electron chi connectivity index (χ4n) is 2.25. The van der Waals surface area contributed by atoms with Crippen LogP contribution in [0, 0.1) is 10.5 Å². The minimum Gasteiger partial charge on any atom is -0.340 e. The highest BCUT2D eigenvalue weighted by atomic mass is 127. The maximum Gasteiger partial charge on any atom is 0.238 e. The van der Waals surface area contributed by atoms with E-state index in [2.05, 4.69) is 37.9 Å². The van der Waals surface area contributed by atoms with E-state index in [0.29, 0.717) is 17.1 Å². The molecule has 8 heteroatoms. The summed E-state index contributed by atoms with van der Waals surface area (Å²) in [4.78, 5) is 8.57. The fraction of sp³-hybridized carbons (Fsp3) is 0.0667. The largest absolute Gasteiger partial charge is 0.340 e. The summed E-state index contributed by atoms with van der Waals surface area (Å²) < 4.78 is 24.3. The molecule has 0 unspecified atom stereocenters. The van der Waals surface area contributed by atoms with Crippen molar-refractivity contribution in [3.8, 4) is 0 Å². The van der Waals surface area contributed by atoms with Crippen LogP contribution in [-0.4, -0.2) is 18.4 Å². The third-order valence-electron chi connectivity index (χ3n) is 3.35. The van der Waals surface area contributed by atoms with Crippen LogP contribution >= 0.6 is 22.6 Å². The van der Waals surface area contributed by atoms with E-state index in [1.165, 1.54) is 12.4 Å². The molecule has 0 saturated carbocycles. The summed E-state index contributed by atoms with van der Waals surface area (Å²) in [5.41, 5.74) is 2.00. The number of aryl methyl sites for hydroxylation is 1.